The zero-order chi connectivity index (χ0) is 41.6. The van der Waals surface area contributed by atoms with Gasteiger partial charge in [-0.2, -0.15) is 0 Å². The lowest BCUT2D eigenvalue weighted by Gasteiger charge is -2.49. The number of amides is 2. The first kappa shape index (κ1) is 41.1. The largest absolute Gasteiger partial charge is 0.497 e. The smallest absolute Gasteiger partial charge is 0.355 e. The molecule has 2 N–H and O–H groups in total. The molecule has 0 saturated carbocycles. The summed E-state index contributed by atoms with van der Waals surface area (Å²) in [7, 11) is -1.45. The van der Waals surface area contributed by atoms with Gasteiger partial charge in [-0.05, 0) is 40.0 Å². The van der Waals surface area contributed by atoms with E-state index in [9.17, 15) is 27.2 Å². The first-order valence-electron chi connectivity index (χ1n) is 18.1. The number of nitrogens with zero attached hydrogens (tertiary/aromatic N) is 3. The average Bonchev–Trinajstić information content (AvgIpc) is 3.74. The number of hydrogen-bond donors (Lipinski definition) is 2. The van der Waals surface area contributed by atoms with Crippen molar-refractivity contribution in [3.8, 4) is 5.75 Å². The molecule has 1 aromatic heterocycles. The van der Waals surface area contributed by atoms with Crippen molar-refractivity contribution in [1.29, 1.82) is 0 Å². The summed E-state index contributed by atoms with van der Waals surface area (Å²) >= 11 is 2.37. The van der Waals surface area contributed by atoms with Gasteiger partial charge in [0.25, 0.3) is 11.8 Å². The summed E-state index contributed by atoms with van der Waals surface area (Å²) in [6.45, 7) is -0.194. The molecular formula is C42H38FN5O8S3. The zero-order valence-corrected chi connectivity index (χ0v) is 34.2. The van der Waals surface area contributed by atoms with Crippen molar-refractivity contribution in [2.24, 2.45) is 5.16 Å². The third kappa shape index (κ3) is 8.58. The van der Waals surface area contributed by atoms with Gasteiger partial charge in [0.05, 0.1) is 12.9 Å². The Morgan fingerprint density at radius 3 is 2.05 bits per heavy atom. The number of halogens is 1. The number of nitrogens with one attached hydrogen (secondary N) is 2. The van der Waals surface area contributed by atoms with E-state index in [2.05, 4.69) is 15.8 Å². The lowest BCUT2D eigenvalue weighted by Crippen LogP contribution is -2.71. The SMILES string of the molecule is CO/N=C(\C(=O)NC1C(=O)N2C(C(=O)OCc3ccc(OC)cc3)=C(CS(=O)(=O)CF)CS[C@H]12)c1csc(NC(c2ccccc2)(c2ccccc2)c2ccccc2)n1. The number of anilines is 1. The number of esters is 1. The number of fused-ring (bicyclic) bond motifs is 1. The molecule has 5 aromatic rings. The minimum absolute atomic E-state index is 0.0171. The number of thioether (sulfide) groups is 1. The van der Waals surface area contributed by atoms with Gasteiger partial charge in [0.15, 0.2) is 26.7 Å². The first-order chi connectivity index (χ1) is 28.6. The van der Waals surface area contributed by atoms with Crippen LogP contribution in [0.4, 0.5) is 9.52 Å². The highest BCUT2D eigenvalue weighted by molar-refractivity contribution is 8.00. The quantitative estimate of drug-likeness (QED) is 0.0415. The first-order valence-corrected chi connectivity index (χ1v) is 21.9. The highest BCUT2D eigenvalue weighted by Crippen LogP contribution is 2.42. The molecule has 2 amide bonds. The summed E-state index contributed by atoms with van der Waals surface area (Å²) in [5.41, 5.74) is 2.22. The minimum atomic E-state index is -4.24. The average molecular weight is 856 g/mol. The van der Waals surface area contributed by atoms with E-state index in [4.69, 9.17) is 19.3 Å². The number of sulfone groups is 1. The highest BCUT2D eigenvalue weighted by Gasteiger charge is 2.55. The lowest BCUT2D eigenvalue weighted by atomic mass is 9.77. The van der Waals surface area contributed by atoms with Crippen molar-refractivity contribution in [2.75, 3.05) is 37.0 Å². The number of rotatable bonds is 16. The van der Waals surface area contributed by atoms with E-state index in [1.807, 2.05) is 91.0 Å². The lowest BCUT2D eigenvalue weighted by molar-refractivity contribution is -0.153. The zero-order valence-electron chi connectivity index (χ0n) is 31.7. The number of ether oxygens (including phenoxy) is 2. The Kier molecular flexibility index (Phi) is 12.4. The van der Waals surface area contributed by atoms with E-state index in [1.165, 1.54) is 25.6 Å². The predicted molar refractivity (Wildman–Crippen MR) is 223 cm³/mol. The summed E-state index contributed by atoms with van der Waals surface area (Å²) < 4.78 is 48.9. The Morgan fingerprint density at radius 1 is 0.915 bits per heavy atom. The molecule has 3 heterocycles. The maximum absolute atomic E-state index is 13.9. The van der Waals surface area contributed by atoms with Gasteiger partial charge in [0.1, 0.15) is 47.8 Å². The van der Waals surface area contributed by atoms with E-state index in [0.29, 0.717) is 16.4 Å². The van der Waals surface area contributed by atoms with Crippen LogP contribution in [0.5, 0.6) is 5.75 Å². The molecular weight excluding hydrogens is 818 g/mol. The van der Waals surface area contributed by atoms with Crippen LogP contribution in [0.2, 0.25) is 0 Å². The number of thiazole rings is 1. The molecule has 7 rings (SSSR count). The number of carbonyl (C=O) groups is 3. The van der Waals surface area contributed by atoms with Gasteiger partial charge in [0.2, 0.25) is 0 Å². The number of β-lactam (4-membered cyclic amide) rings is 1. The molecule has 13 nitrogen and oxygen atoms in total. The summed E-state index contributed by atoms with van der Waals surface area (Å²) in [6.07, 6.45) is 0. The molecule has 0 radical (unpaired) electrons. The monoisotopic (exact) mass is 855 g/mol. The van der Waals surface area contributed by atoms with Gasteiger partial charge in [-0.3, -0.25) is 14.5 Å². The molecule has 0 aliphatic carbocycles. The second kappa shape index (κ2) is 17.8. The Hall–Kier alpha value is -6.04. The number of oxime groups is 1. The molecule has 1 saturated heterocycles. The fourth-order valence-corrected chi connectivity index (χ4v) is 9.99. The molecule has 4 aromatic carbocycles. The van der Waals surface area contributed by atoms with Crippen molar-refractivity contribution in [2.45, 2.75) is 23.6 Å². The number of hydrogen-bond acceptors (Lipinski definition) is 13. The molecule has 2 aliphatic heterocycles. The van der Waals surface area contributed by atoms with Crippen LogP contribution in [0.1, 0.15) is 27.9 Å². The van der Waals surface area contributed by atoms with Crippen molar-refractivity contribution in [3.63, 3.8) is 0 Å². The Labute approximate surface area is 348 Å². The molecule has 0 spiro atoms. The number of alkyl halides is 1. The van der Waals surface area contributed by atoms with Crippen molar-refractivity contribution >= 4 is 61.6 Å². The third-order valence-corrected chi connectivity index (χ3v) is 12.9. The Balaban J connectivity index is 1.13. The number of benzene rings is 4. The fraction of sp³-hybridized carbons (Fsp3) is 0.214. The molecule has 17 heteroatoms. The van der Waals surface area contributed by atoms with E-state index in [0.717, 1.165) is 33.4 Å². The fourth-order valence-electron chi connectivity index (χ4n) is 6.91. The van der Waals surface area contributed by atoms with Gasteiger partial charge in [0, 0.05) is 11.1 Å². The molecule has 1 fully saturated rings. The van der Waals surface area contributed by atoms with Crippen LogP contribution in [-0.4, -0.2) is 84.9 Å². The molecule has 2 atom stereocenters. The van der Waals surface area contributed by atoms with E-state index >= 15 is 0 Å². The van der Waals surface area contributed by atoms with E-state index < -0.39 is 56.3 Å². The predicted octanol–water partition coefficient (Wildman–Crippen LogP) is 5.65. The third-order valence-electron chi connectivity index (χ3n) is 9.68. The standard InChI is InChI=1S/C42H38FN5O8S3/c1-54-32-20-18-27(19-21-32)22-56-40(51)36-28(25-59(52,53)26-43)23-57-39-35(38(50)48(36)39)45-37(49)34(47-55-2)33-24-58-41(44-33)46-42(29-12-6-3-7-13-29,30-14-8-4-9-15-30)31-16-10-5-11-17-31/h3-21,24,35,39H,22-23,25-26H2,1-2H3,(H,44,46)(H,45,49)/b47-34-/t35?,39-/m1/s1. The minimum Gasteiger partial charge on any atom is -0.497 e. The van der Waals surface area contributed by atoms with E-state index in [-0.39, 0.29) is 35.0 Å². The topological polar surface area (TPSA) is 166 Å². The normalized spacial score (nSPS) is 16.8. The summed E-state index contributed by atoms with van der Waals surface area (Å²) in [5.74, 6) is -2.68. The van der Waals surface area contributed by atoms with Gasteiger partial charge >= 0.3 is 5.97 Å². The molecule has 0 bridgehead atoms. The Bertz CT molecular complexity index is 2390. The summed E-state index contributed by atoms with van der Waals surface area (Å²) in [4.78, 5) is 52.2. The number of carbonyl (C=O) groups excluding carboxylic acids is 3. The van der Waals surface area contributed by atoms with Crippen LogP contribution in [0, 0.1) is 0 Å². The van der Waals surface area contributed by atoms with Gasteiger partial charge in [-0.25, -0.2) is 22.6 Å². The van der Waals surface area contributed by atoms with E-state index in [1.54, 1.807) is 29.6 Å². The molecule has 304 valence electrons. The maximum atomic E-state index is 13.9. The molecule has 1 unspecified atom stereocenters. The van der Waals surface area contributed by atoms with Crippen LogP contribution in [0.15, 0.2) is 137 Å². The Morgan fingerprint density at radius 2 is 1.51 bits per heavy atom. The van der Waals surface area contributed by atoms with Crippen molar-refractivity contribution in [1.82, 2.24) is 15.2 Å². The van der Waals surface area contributed by atoms with Crippen molar-refractivity contribution < 1.29 is 41.5 Å². The van der Waals surface area contributed by atoms with Crippen LogP contribution < -0.4 is 15.4 Å². The highest BCUT2D eigenvalue weighted by atomic mass is 32.2. The van der Waals surface area contributed by atoms with Gasteiger partial charge < -0.3 is 24.9 Å². The van der Waals surface area contributed by atoms with Crippen molar-refractivity contribution in [3.05, 3.63) is 160 Å². The van der Waals surface area contributed by atoms with Gasteiger partial charge in [-0.15, -0.1) is 23.1 Å². The summed E-state index contributed by atoms with van der Waals surface area (Å²) in [6, 6.07) is 33.7. The maximum Gasteiger partial charge on any atom is 0.355 e. The second-order valence-corrected chi connectivity index (χ2v) is 17.3. The number of aromatic nitrogens is 1. The summed E-state index contributed by atoms with van der Waals surface area (Å²) in [5, 5.41) is 11.6. The van der Waals surface area contributed by atoms with Crippen LogP contribution >= 0.6 is 23.1 Å². The van der Waals surface area contributed by atoms with Crippen LogP contribution in [0.3, 0.4) is 0 Å². The molecule has 59 heavy (non-hydrogen) atoms. The number of methoxy groups -OCH3 is 1. The second-order valence-electron chi connectivity index (χ2n) is 13.4. The molecule has 2 aliphatic rings. The van der Waals surface area contributed by atoms with Crippen LogP contribution in [-0.2, 0) is 45.9 Å². The van der Waals surface area contributed by atoms with Gasteiger partial charge in [-0.1, -0.05) is 108 Å². The van der Waals surface area contributed by atoms with Crippen LogP contribution in [0.25, 0.3) is 0 Å².